The monoisotopic (exact) mass is 233 g/mol. The van der Waals surface area contributed by atoms with Crippen molar-refractivity contribution in [2.45, 2.75) is 32.6 Å². The quantitative estimate of drug-likeness (QED) is 0.867. The number of methoxy groups -OCH3 is 1. The first-order valence-electron chi connectivity index (χ1n) is 6.20. The number of rotatable bonds is 4. The van der Waals surface area contributed by atoms with Gasteiger partial charge >= 0.3 is 0 Å². The molecule has 3 nitrogen and oxygen atoms in total. The Labute approximate surface area is 102 Å². The molecule has 0 saturated heterocycles. The molecular weight excluding hydrogens is 214 g/mol. The summed E-state index contributed by atoms with van der Waals surface area (Å²) in [7, 11) is 1.65. The Morgan fingerprint density at radius 2 is 2.06 bits per heavy atom. The lowest BCUT2D eigenvalue weighted by atomic mass is 9.83. The lowest BCUT2D eigenvalue weighted by Gasteiger charge is -2.19. The van der Waals surface area contributed by atoms with E-state index < -0.39 is 0 Å². The fraction of sp³-hybridized carbons (Fsp3) is 0.500. The van der Waals surface area contributed by atoms with Crippen LogP contribution in [0.3, 0.4) is 0 Å². The van der Waals surface area contributed by atoms with Gasteiger partial charge in [-0.25, -0.2) is 0 Å². The van der Waals surface area contributed by atoms with Crippen molar-refractivity contribution in [3.63, 3.8) is 0 Å². The second-order valence-electron chi connectivity index (χ2n) is 4.50. The summed E-state index contributed by atoms with van der Waals surface area (Å²) in [6.45, 7) is 4.28. The van der Waals surface area contributed by atoms with Crippen LogP contribution in [0.15, 0.2) is 18.2 Å². The fourth-order valence-corrected chi connectivity index (χ4v) is 2.62. The fourth-order valence-electron chi connectivity index (χ4n) is 2.62. The highest BCUT2D eigenvalue weighted by atomic mass is 16.5. The highest BCUT2D eigenvalue weighted by molar-refractivity contribution is 6.03. The number of nitrogens with one attached hydrogen (secondary N) is 1. The lowest BCUT2D eigenvalue weighted by molar-refractivity contribution is -0.118. The van der Waals surface area contributed by atoms with Gasteiger partial charge in [0.1, 0.15) is 5.75 Å². The molecule has 0 bridgehead atoms. The number of hydrogen-bond donors (Lipinski definition) is 1. The van der Waals surface area contributed by atoms with Crippen molar-refractivity contribution in [2.24, 2.45) is 5.92 Å². The van der Waals surface area contributed by atoms with Crippen molar-refractivity contribution in [1.82, 2.24) is 0 Å². The number of anilines is 1. The molecule has 1 atom stereocenters. The van der Waals surface area contributed by atoms with Crippen LogP contribution in [0.25, 0.3) is 0 Å². The predicted octanol–water partition coefficient (Wildman–Crippen LogP) is 3.17. The molecule has 1 amide bonds. The van der Waals surface area contributed by atoms with Gasteiger partial charge in [-0.15, -0.1) is 0 Å². The molecule has 1 unspecified atom stereocenters. The minimum Gasteiger partial charge on any atom is -0.497 e. The first kappa shape index (κ1) is 12.0. The predicted molar refractivity (Wildman–Crippen MR) is 68.4 cm³/mol. The number of benzene rings is 1. The van der Waals surface area contributed by atoms with Crippen molar-refractivity contribution in [3.05, 3.63) is 23.8 Å². The van der Waals surface area contributed by atoms with Crippen LogP contribution in [-0.2, 0) is 4.79 Å². The first-order valence-corrected chi connectivity index (χ1v) is 6.20. The zero-order chi connectivity index (χ0) is 12.4. The van der Waals surface area contributed by atoms with Crippen LogP contribution < -0.4 is 10.1 Å². The summed E-state index contributed by atoms with van der Waals surface area (Å²) >= 11 is 0. The van der Waals surface area contributed by atoms with Crippen LogP contribution in [0, 0.1) is 5.92 Å². The molecule has 0 saturated carbocycles. The van der Waals surface area contributed by atoms with Gasteiger partial charge < -0.3 is 10.1 Å². The van der Waals surface area contributed by atoms with Crippen LogP contribution in [-0.4, -0.2) is 13.0 Å². The van der Waals surface area contributed by atoms with Crippen LogP contribution in [0.2, 0.25) is 0 Å². The Morgan fingerprint density at radius 3 is 2.65 bits per heavy atom. The Balaban J connectivity index is 2.40. The molecule has 1 aromatic carbocycles. The van der Waals surface area contributed by atoms with E-state index in [0.29, 0.717) is 5.92 Å². The Bertz CT molecular complexity index is 424. The van der Waals surface area contributed by atoms with E-state index in [1.165, 1.54) is 0 Å². The standard InChI is InChI=1S/C14H19NO2/c1-4-9(5-2)13-11-8-10(17-3)6-7-12(11)15-14(13)16/h6-9,13H,4-5H2,1-3H3,(H,15,16). The van der Waals surface area contributed by atoms with Crippen LogP contribution in [0.5, 0.6) is 5.75 Å². The molecule has 0 fully saturated rings. The molecule has 1 aliphatic rings. The summed E-state index contributed by atoms with van der Waals surface area (Å²) in [5, 5.41) is 2.95. The maximum Gasteiger partial charge on any atom is 0.232 e. The summed E-state index contributed by atoms with van der Waals surface area (Å²) in [6, 6.07) is 5.79. The smallest absolute Gasteiger partial charge is 0.232 e. The van der Waals surface area contributed by atoms with Gasteiger partial charge in [0.25, 0.3) is 0 Å². The summed E-state index contributed by atoms with van der Waals surface area (Å²) in [5.74, 6) is 1.33. The molecule has 3 heteroatoms. The van der Waals surface area contributed by atoms with Crippen LogP contribution in [0.4, 0.5) is 5.69 Å². The van der Waals surface area contributed by atoms with E-state index in [-0.39, 0.29) is 11.8 Å². The molecule has 0 aliphatic carbocycles. The minimum atomic E-state index is -0.0184. The topological polar surface area (TPSA) is 38.3 Å². The summed E-state index contributed by atoms with van der Waals surface area (Å²) < 4.78 is 5.23. The van der Waals surface area contributed by atoms with Gasteiger partial charge in [-0.2, -0.15) is 0 Å². The van der Waals surface area contributed by atoms with E-state index in [1.54, 1.807) is 7.11 Å². The number of amides is 1. The molecule has 1 N–H and O–H groups in total. The molecule has 92 valence electrons. The average molecular weight is 233 g/mol. The molecule has 1 heterocycles. The van der Waals surface area contributed by atoms with Gasteiger partial charge in [-0.1, -0.05) is 26.7 Å². The molecule has 17 heavy (non-hydrogen) atoms. The van der Waals surface area contributed by atoms with Crippen molar-refractivity contribution in [1.29, 1.82) is 0 Å². The van der Waals surface area contributed by atoms with Gasteiger partial charge in [0, 0.05) is 5.69 Å². The highest BCUT2D eigenvalue weighted by Crippen LogP contribution is 2.41. The van der Waals surface area contributed by atoms with Gasteiger partial charge in [0.2, 0.25) is 5.91 Å². The van der Waals surface area contributed by atoms with E-state index >= 15 is 0 Å². The Morgan fingerprint density at radius 1 is 1.35 bits per heavy atom. The maximum atomic E-state index is 12.0. The number of hydrogen-bond acceptors (Lipinski definition) is 2. The molecular formula is C14H19NO2. The number of carbonyl (C=O) groups excluding carboxylic acids is 1. The number of fused-ring (bicyclic) bond motifs is 1. The molecule has 1 aliphatic heterocycles. The van der Waals surface area contributed by atoms with Gasteiger partial charge in [-0.05, 0) is 29.7 Å². The third kappa shape index (κ3) is 2.02. The summed E-state index contributed by atoms with van der Waals surface area (Å²) in [6.07, 6.45) is 2.04. The molecule has 0 spiro atoms. The van der Waals surface area contributed by atoms with E-state index in [4.69, 9.17) is 4.74 Å². The van der Waals surface area contributed by atoms with Gasteiger partial charge in [-0.3, -0.25) is 4.79 Å². The van der Waals surface area contributed by atoms with Crippen LogP contribution >= 0.6 is 0 Å². The summed E-state index contributed by atoms with van der Waals surface area (Å²) in [5.41, 5.74) is 2.02. The van der Waals surface area contributed by atoms with Crippen molar-refractivity contribution in [3.8, 4) is 5.75 Å². The number of carbonyl (C=O) groups is 1. The molecule has 0 radical (unpaired) electrons. The third-order valence-electron chi connectivity index (χ3n) is 3.65. The van der Waals surface area contributed by atoms with Crippen molar-refractivity contribution in [2.75, 3.05) is 12.4 Å². The molecule has 2 rings (SSSR count). The Hall–Kier alpha value is -1.51. The Kier molecular flexibility index (Phi) is 3.36. The SMILES string of the molecule is CCC(CC)C1C(=O)Nc2ccc(OC)cc21. The third-order valence-corrected chi connectivity index (χ3v) is 3.65. The molecule has 1 aromatic rings. The van der Waals surface area contributed by atoms with Crippen molar-refractivity contribution < 1.29 is 9.53 Å². The zero-order valence-electron chi connectivity index (χ0n) is 10.6. The van der Waals surface area contributed by atoms with E-state index in [1.807, 2.05) is 18.2 Å². The maximum absolute atomic E-state index is 12.0. The minimum absolute atomic E-state index is 0.0184. The van der Waals surface area contributed by atoms with E-state index in [9.17, 15) is 4.79 Å². The first-order chi connectivity index (χ1) is 8.21. The van der Waals surface area contributed by atoms with Crippen LogP contribution in [0.1, 0.15) is 38.2 Å². The second-order valence-corrected chi connectivity index (χ2v) is 4.50. The van der Waals surface area contributed by atoms with E-state index in [0.717, 1.165) is 29.8 Å². The average Bonchev–Trinajstić information content (AvgIpc) is 2.67. The lowest BCUT2D eigenvalue weighted by Crippen LogP contribution is -2.20. The highest BCUT2D eigenvalue weighted by Gasteiger charge is 2.35. The zero-order valence-corrected chi connectivity index (χ0v) is 10.6. The molecule has 0 aromatic heterocycles. The number of ether oxygens (including phenoxy) is 1. The summed E-state index contributed by atoms with van der Waals surface area (Å²) in [4.78, 5) is 12.0. The van der Waals surface area contributed by atoms with Gasteiger partial charge in [0.05, 0.1) is 13.0 Å². The van der Waals surface area contributed by atoms with Gasteiger partial charge in [0.15, 0.2) is 0 Å². The van der Waals surface area contributed by atoms with Crippen molar-refractivity contribution >= 4 is 11.6 Å². The normalized spacial score (nSPS) is 18.1. The second kappa shape index (κ2) is 4.78. The largest absolute Gasteiger partial charge is 0.497 e. The van der Waals surface area contributed by atoms with E-state index in [2.05, 4.69) is 19.2 Å².